The van der Waals surface area contributed by atoms with Gasteiger partial charge in [-0.15, -0.1) is 11.8 Å². The number of phenolic OH excluding ortho intramolecular Hbond substituents is 1. The largest absolute Gasteiger partial charge is 0.507 e. The van der Waals surface area contributed by atoms with E-state index in [1.54, 1.807) is 49.6 Å². The predicted molar refractivity (Wildman–Crippen MR) is 136 cm³/mol. The quantitative estimate of drug-likeness (QED) is 0.136. The molecule has 4 rings (SSSR count). The first-order valence-electron chi connectivity index (χ1n) is 10.7. The van der Waals surface area contributed by atoms with E-state index in [0.29, 0.717) is 45.2 Å². The minimum absolute atomic E-state index is 0.0318. The Kier molecular flexibility index (Phi) is 7.28. The van der Waals surface area contributed by atoms with Crippen molar-refractivity contribution in [1.29, 1.82) is 5.26 Å². The van der Waals surface area contributed by atoms with E-state index in [2.05, 4.69) is 6.07 Å². The van der Waals surface area contributed by atoms with Gasteiger partial charge in [0.2, 0.25) is 0 Å². The molecule has 0 radical (unpaired) electrons. The second-order valence-electron chi connectivity index (χ2n) is 7.68. The third kappa shape index (κ3) is 5.19. The number of aldehydes is 1. The Bertz CT molecular complexity index is 1480. The van der Waals surface area contributed by atoms with Crippen LogP contribution in [-0.2, 0) is 5.75 Å². The third-order valence-corrected chi connectivity index (χ3v) is 6.51. The van der Waals surface area contributed by atoms with Gasteiger partial charge < -0.3 is 9.84 Å². The average molecular weight is 498 g/mol. The van der Waals surface area contributed by atoms with E-state index in [-0.39, 0.29) is 17.0 Å². The van der Waals surface area contributed by atoms with Crippen molar-refractivity contribution in [3.05, 3.63) is 99.6 Å². The monoisotopic (exact) mass is 497 g/mol. The number of methoxy groups -OCH3 is 1. The molecule has 9 heteroatoms. The van der Waals surface area contributed by atoms with Crippen LogP contribution >= 0.6 is 11.8 Å². The fourth-order valence-electron chi connectivity index (χ4n) is 3.57. The van der Waals surface area contributed by atoms with E-state index < -0.39 is 4.92 Å². The molecule has 0 saturated heterocycles. The van der Waals surface area contributed by atoms with E-state index in [1.807, 2.05) is 12.1 Å². The highest BCUT2D eigenvalue weighted by molar-refractivity contribution is 7.98. The molecule has 1 N–H and O–H groups in total. The summed E-state index contributed by atoms with van der Waals surface area (Å²) >= 11 is 1.32. The van der Waals surface area contributed by atoms with Gasteiger partial charge in [0.15, 0.2) is 6.29 Å². The molecule has 0 aliphatic rings. The third-order valence-electron chi connectivity index (χ3n) is 5.47. The standard InChI is InChI=1S/C27H19N3O5S/c1-35-22-9-5-18(6-10-22)23-13-25(19-3-7-21(8-4-19)30(33)34)29-27(24(23)14-28)36-16-17-2-11-26(32)20(12-17)15-31/h2-13,15,32H,16H2,1H3. The Labute approximate surface area is 211 Å². The van der Waals surface area contributed by atoms with E-state index in [1.165, 1.54) is 30.0 Å². The number of nitro benzene ring substituents is 1. The minimum Gasteiger partial charge on any atom is -0.507 e. The molecule has 0 fully saturated rings. The number of phenols is 1. The van der Waals surface area contributed by atoms with Crippen molar-refractivity contribution in [3.8, 4) is 40.0 Å². The van der Waals surface area contributed by atoms with Crippen LogP contribution in [0.1, 0.15) is 21.5 Å². The van der Waals surface area contributed by atoms with Crippen LogP contribution in [0.5, 0.6) is 11.5 Å². The first-order valence-corrected chi connectivity index (χ1v) is 11.7. The molecule has 8 nitrogen and oxygen atoms in total. The fourth-order valence-corrected chi connectivity index (χ4v) is 4.52. The molecule has 0 aliphatic carbocycles. The van der Waals surface area contributed by atoms with Gasteiger partial charge in [0, 0.05) is 29.0 Å². The first-order chi connectivity index (χ1) is 17.4. The fraction of sp³-hybridized carbons (Fsp3) is 0.0741. The summed E-state index contributed by atoms with van der Waals surface area (Å²) in [5.74, 6) is 0.973. The lowest BCUT2D eigenvalue weighted by atomic mass is 9.99. The van der Waals surface area contributed by atoms with Crippen LogP contribution in [0.3, 0.4) is 0 Å². The number of carbonyl (C=O) groups is 1. The van der Waals surface area contributed by atoms with Crippen molar-refractivity contribution >= 4 is 23.7 Å². The summed E-state index contributed by atoms with van der Waals surface area (Å²) in [7, 11) is 1.57. The van der Waals surface area contributed by atoms with E-state index in [0.717, 1.165) is 11.1 Å². The topological polar surface area (TPSA) is 126 Å². The molecule has 178 valence electrons. The van der Waals surface area contributed by atoms with Gasteiger partial charge in [0.1, 0.15) is 22.6 Å². The average Bonchev–Trinajstić information content (AvgIpc) is 2.92. The van der Waals surface area contributed by atoms with Crippen molar-refractivity contribution in [1.82, 2.24) is 4.98 Å². The van der Waals surface area contributed by atoms with Crippen LogP contribution in [0.2, 0.25) is 0 Å². The molecule has 36 heavy (non-hydrogen) atoms. The molecular weight excluding hydrogens is 478 g/mol. The van der Waals surface area contributed by atoms with Crippen molar-refractivity contribution < 1.29 is 19.6 Å². The van der Waals surface area contributed by atoms with Crippen LogP contribution in [0.25, 0.3) is 22.4 Å². The van der Waals surface area contributed by atoms with Crippen molar-refractivity contribution in [3.63, 3.8) is 0 Å². The van der Waals surface area contributed by atoms with Crippen LogP contribution in [0.4, 0.5) is 5.69 Å². The number of thioether (sulfide) groups is 1. The molecular formula is C27H19N3O5S. The maximum absolute atomic E-state index is 11.2. The van der Waals surface area contributed by atoms with Gasteiger partial charge in [-0.2, -0.15) is 5.26 Å². The van der Waals surface area contributed by atoms with Crippen LogP contribution in [-0.4, -0.2) is 28.4 Å². The highest BCUT2D eigenvalue weighted by Crippen LogP contribution is 2.36. The van der Waals surface area contributed by atoms with E-state index >= 15 is 0 Å². The number of nitriles is 1. The lowest BCUT2D eigenvalue weighted by Gasteiger charge is -2.13. The van der Waals surface area contributed by atoms with Crippen LogP contribution in [0, 0.1) is 21.4 Å². The molecule has 0 aliphatic heterocycles. The first kappa shape index (κ1) is 24.4. The number of aromatic nitrogens is 1. The van der Waals surface area contributed by atoms with Crippen molar-refractivity contribution in [2.24, 2.45) is 0 Å². The summed E-state index contributed by atoms with van der Waals surface area (Å²) in [4.78, 5) is 26.5. The molecule has 0 bridgehead atoms. The zero-order valence-corrected chi connectivity index (χ0v) is 19.9. The normalized spacial score (nSPS) is 10.4. The van der Waals surface area contributed by atoms with E-state index in [9.17, 15) is 25.3 Å². The van der Waals surface area contributed by atoms with Crippen molar-refractivity contribution in [2.45, 2.75) is 10.8 Å². The van der Waals surface area contributed by atoms with Crippen LogP contribution in [0.15, 0.2) is 77.8 Å². The minimum atomic E-state index is -0.467. The molecule has 0 amide bonds. The lowest BCUT2D eigenvalue weighted by Crippen LogP contribution is -1.97. The summed E-state index contributed by atoms with van der Waals surface area (Å²) in [6.07, 6.45) is 0.583. The van der Waals surface area contributed by atoms with Gasteiger partial charge in [-0.3, -0.25) is 14.9 Å². The smallest absolute Gasteiger partial charge is 0.269 e. The zero-order chi connectivity index (χ0) is 25.7. The second-order valence-corrected chi connectivity index (χ2v) is 8.64. The number of non-ortho nitro benzene ring substituents is 1. The number of nitrogens with zero attached hydrogens (tertiary/aromatic N) is 3. The van der Waals surface area contributed by atoms with Gasteiger partial charge in [-0.05, 0) is 53.6 Å². The number of hydrogen-bond donors (Lipinski definition) is 1. The molecule has 0 saturated carbocycles. The Hall–Kier alpha value is -4.68. The Morgan fingerprint density at radius 3 is 2.39 bits per heavy atom. The maximum atomic E-state index is 11.2. The van der Waals surface area contributed by atoms with Gasteiger partial charge in [0.25, 0.3) is 5.69 Å². The Morgan fingerprint density at radius 1 is 1.08 bits per heavy atom. The van der Waals surface area contributed by atoms with Crippen LogP contribution < -0.4 is 4.74 Å². The maximum Gasteiger partial charge on any atom is 0.269 e. The highest BCUT2D eigenvalue weighted by Gasteiger charge is 2.17. The van der Waals surface area contributed by atoms with Gasteiger partial charge >= 0.3 is 0 Å². The number of rotatable bonds is 8. The SMILES string of the molecule is COc1ccc(-c2cc(-c3ccc([N+](=O)[O-])cc3)nc(SCc3ccc(O)c(C=O)c3)c2C#N)cc1. The van der Waals surface area contributed by atoms with E-state index in [4.69, 9.17) is 9.72 Å². The summed E-state index contributed by atoms with van der Waals surface area (Å²) in [5, 5.41) is 31.4. The molecule has 1 aromatic heterocycles. The predicted octanol–water partition coefficient (Wildman–Crippen LogP) is 6.01. The van der Waals surface area contributed by atoms with Gasteiger partial charge in [-0.1, -0.05) is 18.2 Å². The number of benzene rings is 3. The number of hydrogen-bond acceptors (Lipinski definition) is 8. The molecule has 3 aromatic carbocycles. The van der Waals surface area contributed by atoms with Gasteiger partial charge in [-0.25, -0.2) is 4.98 Å². The number of pyridine rings is 1. The summed E-state index contributed by atoms with van der Waals surface area (Å²) in [5.41, 5.74) is 3.96. The number of ether oxygens (including phenoxy) is 1. The molecule has 1 heterocycles. The lowest BCUT2D eigenvalue weighted by molar-refractivity contribution is -0.384. The molecule has 0 unspecified atom stereocenters. The summed E-state index contributed by atoms with van der Waals surface area (Å²) in [6.45, 7) is 0. The van der Waals surface area contributed by atoms with Crippen molar-refractivity contribution in [2.75, 3.05) is 7.11 Å². The summed E-state index contributed by atoms with van der Waals surface area (Å²) in [6, 6.07) is 22.1. The Balaban J connectivity index is 1.80. The second kappa shape index (κ2) is 10.7. The zero-order valence-electron chi connectivity index (χ0n) is 19.0. The molecule has 0 atom stereocenters. The molecule has 0 spiro atoms. The number of nitro groups is 1. The van der Waals surface area contributed by atoms with Gasteiger partial charge in [0.05, 0.1) is 28.9 Å². The number of carbonyl (C=O) groups excluding carboxylic acids is 1. The number of aromatic hydroxyl groups is 1. The molecule has 4 aromatic rings. The highest BCUT2D eigenvalue weighted by atomic mass is 32.2. The summed E-state index contributed by atoms with van der Waals surface area (Å²) < 4.78 is 5.24. The Morgan fingerprint density at radius 2 is 1.78 bits per heavy atom.